The third kappa shape index (κ3) is 4.45. The van der Waals surface area contributed by atoms with Gasteiger partial charge in [-0.3, -0.25) is 0 Å². The number of amides is 2. The lowest BCUT2D eigenvalue weighted by molar-refractivity contribution is -0.0872. The van der Waals surface area contributed by atoms with Gasteiger partial charge in [-0.15, -0.1) is 0 Å². The van der Waals surface area contributed by atoms with Crippen LogP contribution < -0.4 is 5.32 Å². The van der Waals surface area contributed by atoms with E-state index in [0.29, 0.717) is 32.8 Å². The fourth-order valence-electron chi connectivity index (χ4n) is 2.60. The van der Waals surface area contributed by atoms with E-state index in [-0.39, 0.29) is 11.6 Å². The number of nitrogens with one attached hydrogen (secondary N) is 1. The lowest BCUT2D eigenvalue weighted by Crippen LogP contribution is -2.54. The second-order valence-corrected chi connectivity index (χ2v) is 5.99. The minimum Gasteiger partial charge on any atom is -0.380 e. The van der Waals surface area contributed by atoms with Gasteiger partial charge in [0.15, 0.2) is 0 Å². The van der Waals surface area contributed by atoms with Crippen LogP contribution in [-0.4, -0.2) is 43.3 Å². The van der Waals surface area contributed by atoms with Crippen molar-refractivity contribution in [3.8, 4) is 0 Å². The number of hydrogen-bond donors (Lipinski definition) is 1. The minimum atomic E-state index is -0.228. The monoisotopic (exact) mass is 306 g/mol. The Kier molecular flexibility index (Phi) is 5.80. The number of carbonyl (C=O) groups excluding carboxylic acids is 1. The van der Waals surface area contributed by atoms with Gasteiger partial charge in [0.2, 0.25) is 0 Å². The van der Waals surface area contributed by atoms with Crippen molar-refractivity contribution in [2.75, 3.05) is 26.8 Å². The van der Waals surface area contributed by atoms with E-state index in [9.17, 15) is 4.79 Å². The largest absolute Gasteiger partial charge is 0.380 e. The van der Waals surface area contributed by atoms with E-state index < -0.39 is 0 Å². The summed E-state index contributed by atoms with van der Waals surface area (Å²) in [5, 5.41) is 2.99. The van der Waals surface area contributed by atoms with Gasteiger partial charge < -0.3 is 19.7 Å². The average molecular weight is 306 g/mol. The number of methoxy groups -OCH3 is 1. The predicted molar refractivity (Wildman–Crippen MR) is 85.6 cm³/mol. The zero-order valence-electron chi connectivity index (χ0n) is 13.7. The topological polar surface area (TPSA) is 50.8 Å². The maximum Gasteiger partial charge on any atom is 0.317 e. The van der Waals surface area contributed by atoms with Gasteiger partial charge >= 0.3 is 6.03 Å². The molecule has 2 rings (SSSR count). The lowest BCUT2D eigenvalue weighted by atomic mass is 10.0. The molecule has 5 heteroatoms. The number of carbonyl (C=O) groups is 1. The Morgan fingerprint density at radius 3 is 2.95 bits per heavy atom. The summed E-state index contributed by atoms with van der Waals surface area (Å²) in [6, 6.07) is 8.04. The maximum atomic E-state index is 12.3. The second-order valence-electron chi connectivity index (χ2n) is 5.99. The number of benzene rings is 1. The standard InChI is InChI=1S/C17H26N2O3/c1-4-17(2)13-19(8-9-22-17)16(20)18-11-14-6-5-7-15(10-14)12-21-3/h5-7,10H,4,8-9,11-13H2,1-3H3,(H,18,20)/t17-/m0/s1. The smallest absolute Gasteiger partial charge is 0.317 e. The molecule has 1 saturated heterocycles. The molecule has 122 valence electrons. The van der Waals surface area contributed by atoms with Gasteiger partial charge in [-0.25, -0.2) is 4.79 Å². The van der Waals surface area contributed by atoms with Crippen molar-refractivity contribution in [1.29, 1.82) is 0 Å². The highest BCUT2D eigenvalue weighted by molar-refractivity contribution is 5.74. The van der Waals surface area contributed by atoms with Crippen LogP contribution in [0, 0.1) is 0 Å². The molecule has 0 spiro atoms. The molecule has 1 aliphatic heterocycles. The highest BCUT2D eigenvalue weighted by Gasteiger charge is 2.32. The highest BCUT2D eigenvalue weighted by atomic mass is 16.5. The van der Waals surface area contributed by atoms with E-state index in [1.807, 2.05) is 23.1 Å². The number of ether oxygens (including phenoxy) is 2. The van der Waals surface area contributed by atoms with Crippen LogP contribution in [0.4, 0.5) is 4.79 Å². The van der Waals surface area contributed by atoms with Crippen molar-refractivity contribution in [3.05, 3.63) is 35.4 Å². The fourth-order valence-corrected chi connectivity index (χ4v) is 2.60. The summed E-state index contributed by atoms with van der Waals surface area (Å²) >= 11 is 0. The molecule has 22 heavy (non-hydrogen) atoms. The van der Waals surface area contributed by atoms with Gasteiger partial charge in [-0.1, -0.05) is 31.2 Å². The minimum absolute atomic E-state index is 0.0277. The summed E-state index contributed by atoms with van der Waals surface area (Å²) in [6.07, 6.45) is 0.899. The summed E-state index contributed by atoms with van der Waals surface area (Å²) in [4.78, 5) is 14.2. The summed E-state index contributed by atoms with van der Waals surface area (Å²) in [5.74, 6) is 0. The summed E-state index contributed by atoms with van der Waals surface area (Å²) < 4.78 is 10.9. The van der Waals surface area contributed by atoms with Gasteiger partial charge in [0.25, 0.3) is 0 Å². The van der Waals surface area contributed by atoms with Crippen LogP contribution in [0.1, 0.15) is 31.4 Å². The molecule has 1 aromatic carbocycles. The van der Waals surface area contributed by atoms with E-state index in [2.05, 4.69) is 25.2 Å². The predicted octanol–water partition coefficient (Wildman–Crippen LogP) is 2.54. The van der Waals surface area contributed by atoms with Crippen molar-refractivity contribution in [2.24, 2.45) is 0 Å². The Bertz CT molecular complexity index is 506. The van der Waals surface area contributed by atoms with Gasteiger partial charge in [-0.2, -0.15) is 0 Å². The Hall–Kier alpha value is -1.59. The van der Waals surface area contributed by atoms with E-state index >= 15 is 0 Å². The molecule has 0 radical (unpaired) electrons. The second kappa shape index (κ2) is 7.61. The van der Waals surface area contributed by atoms with Gasteiger partial charge in [0.05, 0.1) is 25.4 Å². The fraction of sp³-hybridized carbons (Fsp3) is 0.588. The highest BCUT2D eigenvalue weighted by Crippen LogP contribution is 2.21. The van der Waals surface area contributed by atoms with Crippen molar-refractivity contribution >= 4 is 6.03 Å². The van der Waals surface area contributed by atoms with Gasteiger partial charge in [0.1, 0.15) is 0 Å². The van der Waals surface area contributed by atoms with Crippen LogP contribution in [0.15, 0.2) is 24.3 Å². The van der Waals surface area contributed by atoms with Crippen LogP contribution in [0.3, 0.4) is 0 Å². The maximum absolute atomic E-state index is 12.3. The normalized spacial score (nSPS) is 21.7. The first-order chi connectivity index (χ1) is 10.6. The molecule has 0 bridgehead atoms. The Morgan fingerprint density at radius 1 is 1.45 bits per heavy atom. The molecule has 0 unspecified atom stereocenters. The van der Waals surface area contributed by atoms with Crippen LogP contribution in [0.25, 0.3) is 0 Å². The molecule has 2 amide bonds. The van der Waals surface area contributed by atoms with Crippen molar-refractivity contribution in [1.82, 2.24) is 10.2 Å². The SMILES string of the molecule is CC[C@@]1(C)CN(C(=O)NCc2cccc(COC)c2)CCO1. The molecular formula is C17H26N2O3. The first kappa shape index (κ1) is 16.8. The molecule has 1 aliphatic rings. The molecule has 1 aromatic rings. The molecule has 5 nitrogen and oxygen atoms in total. The lowest BCUT2D eigenvalue weighted by Gasteiger charge is -2.39. The average Bonchev–Trinajstić information content (AvgIpc) is 2.53. The van der Waals surface area contributed by atoms with Crippen molar-refractivity contribution in [2.45, 2.75) is 39.0 Å². The van der Waals surface area contributed by atoms with Crippen LogP contribution in [0.5, 0.6) is 0 Å². The number of hydrogen-bond acceptors (Lipinski definition) is 3. The molecule has 0 saturated carbocycles. The zero-order valence-corrected chi connectivity index (χ0v) is 13.7. The first-order valence-electron chi connectivity index (χ1n) is 7.80. The summed E-state index contributed by atoms with van der Waals surface area (Å²) in [6.45, 7) is 7.13. The molecule has 1 N–H and O–H groups in total. The number of nitrogens with zero attached hydrogens (tertiary/aromatic N) is 1. The molecular weight excluding hydrogens is 280 g/mol. The molecule has 1 heterocycles. The van der Waals surface area contributed by atoms with E-state index in [4.69, 9.17) is 9.47 Å². The molecule has 0 aromatic heterocycles. The Balaban J connectivity index is 1.88. The number of urea groups is 1. The van der Waals surface area contributed by atoms with Crippen LogP contribution in [0.2, 0.25) is 0 Å². The Morgan fingerprint density at radius 2 is 2.23 bits per heavy atom. The third-order valence-electron chi connectivity index (χ3n) is 4.12. The van der Waals surface area contributed by atoms with E-state index in [1.54, 1.807) is 7.11 Å². The van der Waals surface area contributed by atoms with E-state index in [0.717, 1.165) is 17.5 Å². The van der Waals surface area contributed by atoms with Gasteiger partial charge in [-0.05, 0) is 24.5 Å². The molecule has 0 aliphatic carbocycles. The van der Waals surface area contributed by atoms with Crippen LogP contribution >= 0.6 is 0 Å². The van der Waals surface area contributed by atoms with Crippen molar-refractivity contribution < 1.29 is 14.3 Å². The van der Waals surface area contributed by atoms with Crippen LogP contribution in [-0.2, 0) is 22.6 Å². The molecule has 1 atom stereocenters. The number of morpholine rings is 1. The summed E-state index contributed by atoms with van der Waals surface area (Å²) in [5.41, 5.74) is 1.96. The third-order valence-corrected chi connectivity index (χ3v) is 4.12. The number of rotatable bonds is 5. The van der Waals surface area contributed by atoms with Crippen molar-refractivity contribution in [3.63, 3.8) is 0 Å². The molecule has 1 fully saturated rings. The Labute approximate surface area is 132 Å². The van der Waals surface area contributed by atoms with Gasteiger partial charge in [0, 0.05) is 20.2 Å². The first-order valence-corrected chi connectivity index (χ1v) is 7.80. The zero-order chi connectivity index (χ0) is 16.0. The summed E-state index contributed by atoms with van der Waals surface area (Å²) in [7, 11) is 1.68. The van der Waals surface area contributed by atoms with E-state index in [1.165, 1.54) is 0 Å². The quantitative estimate of drug-likeness (QED) is 0.909.